The van der Waals surface area contributed by atoms with Crippen molar-refractivity contribution in [1.82, 2.24) is 0 Å². The topological polar surface area (TPSA) is 29.5 Å². The van der Waals surface area contributed by atoms with Crippen LogP contribution in [0, 0.1) is 6.92 Å². The van der Waals surface area contributed by atoms with E-state index in [1.165, 1.54) is 0 Å². The molecule has 2 heteroatoms. The molecule has 1 rings (SSSR count). The Labute approximate surface area is 79.2 Å². The third-order valence-corrected chi connectivity index (χ3v) is 2.16. The molecule has 0 aromatic heterocycles. The molecule has 0 fully saturated rings. The van der Waals surface area contributed by atoms with Gasteiger partial charge in [0.2, 0.25) is 0 Å². The van der Waals surface area contributed by atoms with Gasteiger partial charge in [-0.2, -0.15) is 0 Å². The lowest BCUT2D eigenvalue weighted by Gasteiger charge is -2.14. The van der Waals surface area contributed by atoms with Gasteiger partial charge >= 0.3 is 0 Å². The van der Waals surface area contributed by atoms with Crippen LogP contribution in [0.4, 0.5) is 0 Å². The minimum atomic E-state index is 0.195. The summed E-state index contributed by atoms with van der Waals surface area (Å²) in [6, 6.07) is 5.33. The zero-order chi connectivity index (χ0) is 9.84. The number of aromatic hydroxyl groups is 1. The summed E-state index contributed by atoms with van der Waals surface area (Å²) in [6.07, 6.45) is 1.16. The molecule has 2 nitrogen and oxygen atoms in total. The van der Waals surface area contributed by atoms with Crippen molar-refractivity contribution in [2.75, 3.05) is 0 Å². The predicted molar refractivity (Wildman–Crippen MR) is 53.2 cm³/mol. The fourth-order valence-corrected chi connectivity index (χ4v) is 1.03. The highest BCUT2D eigenvalue weighted by Gasteiger charge is 2.06. The van der Waals surface area contributed by atoms with Crippen LogP contribution in [0.5, 0.6) is 11.5 Å². The van der Waals surface area contributed by atoms with Crippen molar-refractivity contribution in [2.24, 2.45) is 0 Å². The van der Waals surface area contributed by atoms with Gasteiger partial charge in [0.25, 0.3) is 0 Å². The average Bonchev–Trinajstić information content (AvgIpc) is 2.13. The molecule has 0 aliphatic carbocycles. The molecule has 0 saturated carbocycles. The number of ether oxygens (including phenoxy) is 1. The summed E-state index contributed by atoms with van der Waals surface area (Å²) in [6.45, 7) is 5.94. The minimum absolute atomic E-state index is 0.195. The third-order valence-electron chi connectivity index (χ3n) is 2.16. The van der Waals surface area contributed by atoms with Crippen molar-refractivity contribution in [1.29, 1.82) is 0 Å². The second-order valence-corrected chi connectivity index (χ2v) is 3.24. The molecular weight excluding hydrogens is 164 g/mol. The Balaban J connectivity index is 2.83. The Bertz CT molecular complexity index is 281. The zero-order valence-corrected chi connectivity index (χ0v) is 8.37. The van der Waals surface area contributed by atoms with Gasteiger partial charge in [-0.25, -0.2) is 0 Å². The molecule has 13 heavy (non-hydrogen) atoms. The van der Waals surface area contributed by atoms with Crippen molar-refractivity contribution < 1.29 is 9.84 Å². The maximum atomic E-state index is 9.41. The molecule has 1 N–H and O–H groups in total. The SMILES string of the molecule is CCC(C)Oc1cccc(O)c1C. The fraction of sp³-hybridized carbons (Fsp3) is 0.455. The van der Waals surface area contributed by atoms with Crippen LogP contribution in [0.3, 0.4) is 0 Å². The van der Waals surface area contributed by atoms with Gasteiger partial charge in [0.1, 0.15) is 11.5 Å². The minimum Gasteiger partial charge on any atom is -0.508 e. The van der Waals surface area contributed by atoms with Gasteiger partial charge in [-0.15, -0.1) is 0 Å². The Morgan fingerprint density at radius 3 is 2.77 bits per heavy atom. The highest BCUT2D eigenvalue weighted by Crippen LogP contribution is 2.26. The molecule has 0 radical (unpaired) electrons. The third kappa shape index (κ3) is 2.38. The Hall–Kier alpha value is -1.18. The smallest absolute Gasteiger partial charge is 0.126 e. The maximum Gasteiger partial charge on any atom is 0.126 e. The first-order chi connectivity index (χ1) is 6.15. The molecule has 72 valence electrons. The Kier molecular flexibility index (Phi) is 3.18. The van der Waals surface area contributed by atoms with E-state index < -0.39 is 0 Å². The monoisotopic (exact) mass is 180 g/mol. The van der Waals surface area contributed by atoms with Crippen LogP contribution in [-0.4, -0.2) is 11.2 Å². The van der Waals surface area contributed by atoms with Crippen LogP contribution >= 0.6 is 0 Å². The molecule has 0 heterocycles. The normalized spacial score (nSPS) is 12.5. The highest BCUT2D eigenvalue weighted by atomic mass is 16.5. The van der Waals surface area contributed by atoms with Crippen molar-refractivity contribution in [3.05, 3.63) is 23.8 Å². The largest absolute Gasteiger partial charge is 0.508 e. The summed E-state index contributed by atoms with van der Waals surface area (Å²) in [5.74, 6) is 1.06. The number of hydrogen-bond acceptors (Lipinski definition) is 2. The molecule has 0 aliphatic rings. The summed E-state index contributed by atoms with van der Waals surface area (Å²) in [5.41, 5.74) is 0.808. The van der Waals surface area contributed by atoms with Crippen LogP contribution in [0.25, 0.3) is 0 Å². The molecule has 0 bridgehead atoms. The summed E-state index contributed by atoms with van der Waals surface area (Å²) in [7, 11) is 0. The number of phenolic OH excluding ortho intramolecular Hbond substituents is 1. The van der Waals surface area contributed by atoms with Crippen molar-refractivity contribution in [2.45, 2.75) is 33.3 Å². The molecule has 0 saturated heterocycles. The highest BCUT2D eigenvalue weighted by molar-refractivity contribution is 5.42. The molecule has 0 amide bonds. The summed E-state index contributed by atoms with van der Waals surface area (Å²) >= 11 is 0. The van der Waals surface area contributed by atoms with Gasteiger partial charge in [-0.05, 0) is 32.4 Å². The quantitative estimate of drug-likeness (QED) is 0.775. The maximum absolute atomic E-state index is 9.41. The average molecular weight is 180 g/mol. The van der Waals surface area contributed by atoms with Crippen LogP contribution in [0.15, 0.2) is 18.2 Å². The van der Waals surface area contributed by atoms with Gasteiger partial charge < -0.3 is 9.84 Å². The molecule has 1 aromatic rings. The van der Waals surface area contributed by atoms with Gasteiger partial charge in [0.05, 0.1) is 6.10 Å². The zero-order valence-electron chi connectivity index (χ0n) is 8.37. The van der Waals surface area contributed by atoms with E-state index in [9.17, 15) is 5.11 Å². The van der Waals surface area contributed by atoms with Crippen LogP contribution in [-0.2, 0) is 0 Å². The van der Waals surface area contributed by atoms with Crippen molar-refractivity contribution in [3.8, 4) is 11.5 Å². The molecule has 0 aliphatic heterocycles. The van der Waals surface area contributed by atoms with Crippen LogP contribution in [0.2, 0.25) is 0 Å². The van der Waals surface area contributed by atoms with E-state index in [1.807, 2.05) is 19.9 Å². The van der Waals surface area contributed by atoms with Crippen molar-refractivity contribution >= 4 is 0 Å². The van der Waals surface area contributed by atoms with E-state index in [0.29, 0.717) is 5.75 Å². The Morgan fingerprint density at radius 2 is 2.15 bits per heavy atom. The second kappa shape index (κ2) is 4.17. The van der Waals surface area contributed by atoms with Gasteiger partial charge in [-0.3, -0.25) is 0 Å². The van der Waals surface area contributed by atoms with Gasteiger partial charge in [-0.1, -0.05) is 13.0 Å². The van der Waals surface area contributed by atoms with E-state index in [2.05, 4.69) is 6.92 Å². The summed E-state index contributed by atoms with van der Waals surface area (Å²) < 4.78 is 5.62. The number of rotatable bonds is 3. The molecule has 0 spiro atoms. The fourth-order valence-electron chi connectivity index (χ4n) is 1.03. The lowest BCUT2D eigenvalue weighted by Crippen LogP contribution is -2.10. The first kappa shape index (κ1) is 9.90. The van der Waals surface area contributed by atoms with E-state index in [0.717, 1.165) is 17.7 Å². The van der Waals surface area contributed by atoms with Gasteiger partial charge in [0, 0.05) is 5.56 Å². The lowest BCUT2D eigenvalue weighted by atomic mass is 10.2. The number of hydrogen-bond donors (Lipinski definition) is 1. The number of benzene rings is 1. The first-order valence-corrected chi connectivity index (χ1v) is 4.60. The van der Waals surface area contributed by atoms with E-state index in [-0.39, 0.29) is 6.10 Å². The first-order valence-electron chi connectivity index (χ1n) is 4.60. The van der Waals surface area contributed by atoms with Gasteiger partial charge in [0.15, 0.2) is 0 Å². The van der Waals surface area contributed by atoms with Crippen LogP contribution < -0.4 is 4.74 Å². The molecule has 1 atom stereocenters. The summed E-state index contributed by atoms with van der Waals surface area (Å²) in [4.78, 5) is 0. The predicted octanol–water partition coefficient (Wildman–Crippen LogP) is 2.88. The van der Waals surface area contributed by atoms with E-state index in [4.69, 9.17) is 4.74 Å². The molecule has 1 unspecified atom stereocenters. The van der Waals surface area contributed by atoms with E-state index in [1.54, 1.807) is 12.1 Å². The van der Waals surface area contributed by atoms with Crippen molar-refractivity contribution in [3.63, 3.8) is 0 Å². The van der Waals surface area contributed by atoms with E-state index >= 15 is 0 Å². The second-order valence-electron chi connectivity index (χ2n) is 3.24. The van der Waals surface area contributed by atoms with Crippen LogP contribution in [0.1, 0.15) is 25.8 Å². The molecular formula is C11H16O2. The summed E-state index contributed by atoms with van der Waals surface area (Å²) in [5, 5.41) is 9.41. The Morgan fingerprint density at radius 1 is 1.46 bits per heavy atom. The molecule has 1 aromatic carbocycles. The lowest BCUT2D eigenvalue weighted by molar-refractivity contribution is 0.215. The standard InChI is InChI=1S/C11H16O2/c1-4-8(2)13-11-7-5-6-10(12)9(11)3/h5-8,12H,4H2,1-3H3. The number of phenols is 1.